The van der Waals surface area contributed by atoms with Crippen LogP contribution < -0.4 is 0 Å². The Morgan fingerprint density at radius 1 is 1.15 bits per heavy atom. The molecule has 0 aliphatic heterocycles. The van der Waals surface area contributed by atoms with Gasteiger partial charge in [0.1, 0.15) is 11.9 Å². The van der Waals surface area contributed by atoms with Crippen molar-refractivity contribution in [1.82, 2.24) is 15.0 Å². The van der Waals surface area contributed by atoms with Crippen LogP contribution in [0.4, 0.5) is 4.39 Å². The van der Waals surface area contributed by atoms with Crippen LogP contribution in [0.1, 0.15) is 291 Å². The summed E-state index contributed by atoms with van der Waals surface area (Å²) in [6, 6.07) is 18.5. The van der Waals surface area contributed by atoms with Crippen molar-refractivity contribution in [3.05, 3.63) is 102 Å². The summed E-state index contributed by atoms with van der Waals surface area (Å²) in [5.74, 6) is -0.171. The van der Waals surface area contributed by atoms with Crippen molar-refractivity contribution in [2.75, 3.05) is 0 Å². The minimum atomic E-state index is -0.815. The van der Waals surface area contributed by atoms with E-state index in [0.29, 0.717) is 36.3 Å². The zero-order valence-corrected chi connectivity index (χ0v) is 22.8. The van der Waals surface area contributed by atoms with Gasteiger partial charge >= 0.3 is 0 Å². The molecule has 0 unspecified atom stereocenters. The van der Waals surface area contributed by atoms with Gasteiger partial charge in [0, 0.05) is 286 Å². The lowest BCUT2D eigenvalue weighted by Crippen LogP contribution is -2.53. The Labute approximate surface area is 489 Å². The number of allylic oxidation sites excluding steroid dienone is 3. The van der Waals surface area contributed by atoms with Gasteiger partial charge in [0.05, 0.1) is 22.5 Å². The monoisotopic (exact) mass is 1030 g/mol. The number of hydrogen-bond donors (Lipinski definition) is 0. The average molecular weight is 1030 g/mol. The molecule has 2 aliphatic rings. The summed E-state index contributed by atoms with van der Waals surface area (Å²) < 4.78 is 845. The third-order valence-electron chi connectivity index (χ3n) is 8.71. The molecule has 6 rings (SSSR count). The first-order chi connectivity index (χ1) is 102. The van der Waals surface area contributed by atoms with Crippen LogP contribution in [-0.2, 0) is 16.6 Å². The topological polar surface area (TPSA) is 79.5 Å². The second kappa shape index (κ2) is 9.31. The van der Waals surface area contributed by atoms with Gasteiger partial charge in [0.15, 0.2) is 11.6 Å². The van der Waals surface area contributed by atoms with Crippen LogP contribution in [0.25, 0.3) is 33.5 Å². The number of hydrogen-bond acceptors (Lipinski definition) is 5. The van der Waals surface area contributed by atoms with Crippen LogP contribution in [0.3, 0.4) is 0 Å². The van der Waals surface area contributed by atoms with Gasteiger partial charge in [-0.25, -0.2) is 14.4 Å². The lowest BCUT2D eigenvalue weighted by Gasteiger charge is -2.52. The molecule has 0 saturated heterocycles. The Balaban J connectivity index is -0.0000000114. The Morgan fingerprint density at radius 2 is 1.90 bits per heavy atom. The number of rotatable bonds is 4. The van der Waals surface area contributed by atoms with E-state index in [-0.39, 0.29) is 23.1 Å². The van der Waals surface area contributed by atoms with Crippen molar-refractivity contribution in [1.29, 1.82) is 5.26 Å². The maximum atomic E-state index is 15.3. The van der Waals surface area contributed by atoms with E-state index in [2.05, 4.69) is 24.6 Å². The average Bonchev–Trinajstić information content (AvgIpc) is 0.700. The van der Waals surface area contributed by atoms with Gasteiger partial charge in [-0.3, -0.25) is 9.78 Å². The second-order valence-electron chi connectivity index (χ2n) is 11.5. The summed E-state index contributed by atoms with van der Waals surface area (Å²) in [7, 11) is 0. The normalized spacial score (nSPS) is 40.2. The smallest absolute Gasteiger partial charge is 0.179 e. The number of carbonyl (C=O) groups is 1. The second-order valence-corrected chi connectivity index (χ2v) is 11.5. The van der Waals surface area contributed by atoms with Gasteiger partial charge in [-0.15, -0.1) is 6.58 Å². The summed E-state index contributed by atoms with van der Waals surface area (Å²) in [6.45, 7) is 10.0. The minimum Gasteiger partial charge on any atom is -0.293 e. The number of ketones is 1. The Kier molecular flexibility index (Phi) is 0.645. The van der Waals surface area contributed by atoms with E-state index in [4.69, 9.17) is 256 Å². The Bertz CT molecular complexity index is 1940. The minimum absolute atomic E-state index is 0.126. The standard InChI is InChI=1S/C34H29FN4O.83H2/c1-20(2)17-34(4)28-14-13-25-29(24-10-5-7-11-26(24)35)38-32(23-15-16-37-27-12-8-6-9-22(23)27)39-30(25)33(28,3)18-21(19-36)31(34)40;;;;;;;;;;;;;;;;;;;;;;;;;;;;;;;;;;;;;;;;;;;;;;;;;;;;;;;;;;;;;;;;;;;;;;;;;;;;;;;;;;;/h5-12,15-16,18,28H,1,13-14,17H2,2-4H3;83*1H/t28-,33+,34+;;;;;;;;;;;;;;;;;;;;;;;;;;;;;;;;;;;;;;;;;;;;;;;;;;;;;;;;;;;;;;;;;;;;;;;;;;;;;;;;;;;/m0.................................................................................../s1/i;83*1+2T. The Morgan fingerprint density at radius 3 is 2.65 bits per heavy atom. The van der Waals surface area contributed by atoms with Crippen LogP contribution in [0.2, 0.25) is 0 Å². The fourth-order valence-corrected chi connectivity index (χ4v) is 7.10. The van der Waals surface area contributed by atoms with Crippen LogP contribution in [0.5, 0.6) is 0 Å². The highest BCUT2D eigenvalue weighted by molar-refractivity contribution is 6.05. The summed E-state index contributed by atoms with van der Waals surface area (Å²) in [5, 5.41) is 10.9. The first-order valence-corrected chi connectivity index (χ1v) is 13.5. The quantitative estimate of drug-likeness (QED) is 0.190. The van der Waals surface area contributed by atoms with E-state index in [0.717, 1.165) is 33.3 Å². The molecule has 2 aromatic carbocycles. The molecule has 0 saturated carbocycles. The van der Waals surface area contributed by atoms with Gasteiger partial charge in [-0.2, -0.15) is 5.26 Å². The highest BCUT2D eigenvalue weighted by Gasteiger charge is 2.57. The van der Waals surface area contributed by atoms with Crippen molar-refractivity contribution in [3.8, 4) is 28.7 Å². The highest BCUT2D eigenvalue weighted by Crippen LogP contribution is 2.57. The molecule has 364 valence electrons. The molecule has 2 aromatic heterocycles. The highest BCUT2D eigenvalue weighted by atomic mass is 19.1. The maximum absolute atomic E-state index is 15.3. The SMILES string of the molecule is C=C(C)C[C@@]1(C)C(=O)C(C#N)=C[C@@]2(C)c3nc(-c4ccnc5ccccc45)nc(-c4ccccc4F)c3CC[C@H]12.[3H][3H].[3H][3H].[3H][3H].[3H][3H].[3H][3H].[3H][3H].[3H][3H].[3H][3H].[3H][3H].[3H][3H].[3H][3H].[3H][3H].[3H][3H].[3H][3H].[3H][3H].[3H][3H].[3H][3H].[3H][3H].[3H][3H].[3H][3H].[3H][3H].[3H][3H].[3H][3H].[3H][3H].[3H][3H].[3H][3H].[3H][3H].[3H][3H].[3H][3H].[3H][3H].[3H][3H].[3H][3H].[3H][3H].[3H][3H].[3H][3H].[3H][3H].[3H][3H].[3H][3H].[3H][3H].[3H][3H].[3H][3H].[3H][3H].[3H][3H].[3H][3H].[3H][3H].[3H][3H].[3H][3H].[3H][3H].[3H][3H].[3H][3H].[3H][3H].[3H][3H].[3H][3H].[3H][3H].[3H][3H].[3H][3H].[3H][3H].[3H][3H].[3H][3H].[3H][3H].[3H][3H].[3H][3H].[3H][3H].[3H][3H].[3H][3H].[3H][3H].[3H][3H].[3H][3H].[3H][3H].[3H][3H].[3H][3H].[3H][3H].[3H][3H].[3H][3H].[3H][3H].[3H][3H].[3H][3H].[3H][3H].[3H][3H].[3H][3H].[3H][3H].[3H][3H].[3H][3H]. The third-order valence-corrected chi connectivity index (χ3v) is 8.71. The molecule has 0 N–H and O–H groups in total. The van der Waals surface area contributed by atoms with Gasteiger partial charge < -0.3 is 0 Å². The first kappa shape index (κ1) is 2.77. The fraction of sp³-hybridized carbons (Fsp3) is 0.265. The lowest BCUT2D eigenvalue weighted by atomic mass is 9.50. The number of benzene rings is 2. The van der Waals surface area contributed by atoms with E-state index >= 15 is 4.39 Å². The molecule has 0 fully saturated rings. The predicted octanol–water partition coefficient (Wildman–Crippen LogP) is 27.7. The Hall–Kier alpha value is -4.50. The molecular formula is C34H195FN4O. The summed E-state index contributed by atoms with van der Waals surface area (Å²) in [5.41, 5.74) is 3.60. The number of aromatic nitrogens is 3. The summed E-state index contributed by atoms with van der Waals surface area (Å²) >= 11 is 0. The van der Waals surface area contributed by atoms with Crippen molar-refractivity contribution in [3.63, 3.8) is 0 Å². The number of pyridine rings is 1. The van der Waals surface area contributed by atoms with Crippen molar-refractivity contribution in [2.24, 2.45) is 11.3 Å². The lowest BCUT2D eigenvalue weighted by molar-refractivity contribution is -0.129. The zero-order chi connectivity index (χ0) is 194. The molecule has 3 atom stereocenters. The number of Topliss-reactive ketones (excluding diaryl/α,β-unsaturated/α-hetero) is 1. The number of halogens is 1. The molecule has 2 heterocycles. The third kappa shape index (κ3) is 3.80. The van der Waals surface area contributed by atoms with Gasteiger partial charge in [-0.05, 0) is 56.4 Å². The molecule has 6 heteroatoms. The molecule has 0 bridgehead atoms. The van der Waals surface area contributed by atoms with Gasteiger partial charge in [0.25, 0.3) is 0 Å². The van der Waals surface area contributed by atoms with E-state index in [1.54, 1.807) is 30.5 Å². The molecule has 0 spiro atoms. The summed E-state index contributed by atoms with van der Waals surface area (Å²) in [6.07, 6.45) is 5.27. The van der Waals surface area contributed by atoms with Crippen LogP contribution >= 0.6 is 0 Å². The fourth-order valence-electron chi connectivity index (χ4n) is 7.10. The predicted molar refractivity (Wildman–Crippen MR) is 329 cm³/mol. The van der Waals surface area contributed by atoms with Crippen molar-refractivity contribution < 1.29 is 256 Å². The molecular weight excluding hydrogens is 499 g/mol. The van der Waals surface area contributed by atoms with Crippen LogP contribution in [-0.4, -0.2) is 20.7 Å². The van der Waals surface area contributed by atoms with Crippen LogP contribution in [0, 0.1) is 28.5 Å². The molecule has 5 nitrogen and oxygen atoms in total. The van der Waals surface area contributed by atoms with Crippen LogP contribution in [0.15, 0.2) is 84.6 Å². The van der Waals surface area contributed by atoms with Gasteiger partial charge in [0.2, 0.25) is 0 Å². The molecule has 4 aromatic rings. The molecule has 0 radical (unpaired) electrons. The van der Waals surface area contributed by atoms with E-state index in [1.807, 2.05) is 44.2 Å². The van der Waals surface area contributed by atoms with Crippen molar-refractivity contribution in [2.45, 2.75) is 45.4 Å². The van der Waals surface area contributed by atoms with Gasteiger partial charge in [-0.1, -0.05) is 55.8 Å². The number of carbonyl (C=O) groups excluding carboxylic acids is 1. The number of nitrogens with zero attached hydrogens (tertiary/aromatic N) is 4. The zero-order valence-electron chi connectivity index (χ0n) is 189. The van der Waals surface area contributed by atoms with E-state index in [1.165, 1.54) is 6.07 Å². The van der Waals surface area contributed by atoms with E-state index in [9.17, 15) is 10.1 Å². The maximum Gasteiger partial charge on any atom is 0.179 e. The van der Waals surface area contributed by atoms with Crippen molar-refractivity contribution >= 4 is 16.7 Å². The first-order valence-electron chi connectivity index (χ1n) is 96.5. The molecule has 0 amide bonds. The van der Waals surface area contributed by atoms with E-state index < -0.39 is 10.8 Å². The largest absolute Gasteiger partial charge is 0.293 e. The number of nitriles is 1. The number of para-hydroxylation sites is 1. The number of fused-ring (bicyclic) bond motifs is 4. The molecule has 2 aliphatic carbocycles. The summed E-state index contributed by atoms with van der Waals surface area (Å²) in [4.78, 5) is 28.4. The molecule has 40 heavy (non-hydrogen) atoms.